The van der Waals surface area contributed by atoms with Gasteiger partial charge in [0.15, 0.2) is 0 Å². The van der Waals surface area contributed by atoms with Crippen LogP contribution in [0.4, 0.5) is 4.39 Å². The van der Waals surface area contributed by atoms with Gasteiger partial charge in [-0.1, -0.05) is 49.7 Å². The average Bonchev–Trinajstić information content (AvgIpc) is 2.69. The predicted octanol–water partition coefficient (Wildman–Crippen LogP) is 5.89. The lowest BCUT2D eigenvalue weighted by Crippen LogP contribution is -2.17. The number of aryl methyl sites for hydroxylation is 2. The number of rotatable bonds is 4. The van der Waals surface area contributed by atoms with E-state index in [0.29, 0.717) is 17.0 Å². The Morgan fingerprint density at radius 3 is 2.33 bits per heavy atom. The minimum absolute atomic E-state index is 0.132. The molecule has 4 nitrogen and oxygen atoms in total. The molecule has 2 rings (SSSR count). The predicted molar refractivity (Wildman–Crippen MR) is 109 cm³/mol. The van der Waals surface area contributed by atoms with Crippen LogP contribution in [0, 0.1) is 19.7 Å². The van der Waals surface area contributed by atoms with Crippen LogP contribution < -0.4 is 5.48 Å². The molecule has 1 amide bonds. The second kappa shape index (κ2) is 13.9. The van der Waals surface area contributed by atoms with Gasteiger partial charge in [0.2, 0.25) is 5.91 Å². The summed E-state index contributed by atoms with van der Waals surface area (Å²) in [7, 11) is 0. The van der Waals surface area contributed by atoms with E-state index in [1.807, 2.05) is 45.9 Å². The van der Waals surface area contributed by atoms with Gasteiger partial charge in [-0.3, -0.25) is 15.0 Å². The number of allylic oxidation sites excluding steroid dienone is 2. The minimum atomic E-state index is -0.407. The third kappa shape index (κ3) is 9.31. The van der Waals surface area contributed by atoms with Crippen LogP contribution in [0.3, 0.4) is 0 Å². The summed E-state index contributed by atoms with van der Waals surface area (Å²) >= 11 is 6.00. The number of carbonyl (C=O) groups excluding carboxylic acids is 1. The molecule has 0 unspecified atom stereocenters. The lowest BCUT2D eigenvalue weighted by molar-refractivity contribution is -0.129. The van der Waals surface area contributed by atoms with Gasteiger partial charge < -0.3 is 0 Å². The zero-order valence-electron chi connectivity index (χ0n) is 16.5. The molecule has 0 aliphatic heterocycles. The highest BCUT2D eigenvalue weighted by molar-refractivity contribution is 6.31. The van der Waals surface area contributed by atoms with Crippen molar-refractivity contribution < 1.29 is 14.4 Å². The molecule has 0 bridgehead atoms. The van der Waals surface area contributed by atoms with Crippen LogP contribution in [0.5, 0.6) is 0 Å². The van der Waals surface area contributed by atoms with Crippen molar-refractivity contribution in [3.8, 4) is 0 Å². The molecule has 2 aromatic rings. The molecule has 0 aliphatic carbocycles. The number of nitrogens with zero attached hydrogens (tertiary/aromatic N) is 1. The molecule has 6 heteroatoms. The Balaban J connectivity index is 0.000000562. The van der Waals surface area contributed by atoms with Gasteiger partial charge in [0.1, 0.15) is 5.82 Å². The van der Waals surface area contributed by atoms with E-state index >= 15 is 0 Å². The van der Waals surface area contributed by atoms with Crippen LogP contribution in [-0.4, -0.2) is 16.1 Å². The highest BCUT2D eigenvalue weighted by atomic mass is 35.5. The summed E-state index contributed by atoms with van der Waals surface area (Å²) < 4.78 is 12.3. The van der Waals surface area contributed by atoms with Crippen molar-refractivity contribution in [2.24, 2.45) is 0 Å². The Bertz CT molecular complexity index is 728. The number of amides is 1. The molecule has 0 saturated heterocycles. The van der Waals surface area contributed by atoms with Gasteiger partial charge in [-0.2, -0.15) is 0 Å². The number of hydrogen-bond acceptors (Lipinski definition) is 3. The molecular formula is C21H28ClFN2O2. The third-order valence-corrected chi connectivity index (χ3v) is 3.95. The van der Waals surface area contributed by atoms with Crippen molar-refractivity contribution in [1.29, 1.82) is 0 Å². The van der Waals surface area contributed by atoms with E-state index in [4.69, 9.17) is 16.8 Å². The number of benzene rings is 1. The molecule has 0 aliphatic rings. The fourth-order valence-electron chi connectivity index (χ4n) is 1.99. The first-order valence-electron chi connectivity index (χ1n) is 8.80. The number of halogens is 2. The van der Waals surface area contributed by atoms with Crippen molar-refractivity contribution in [2.75, 3.05) is 0 Å². The third-order valence-electron chi connectivity index (χ3n) is 3.57. The van der Waals surface area contributed by atoms with E-state index in [2.05, 4.69) is 4.98 Å². The summed E-state index contributed by atoms with van der Waals surface area (Å²) in [5, 5.41) is 9.02. The first-order chi connectivity index (χ1) is 12.9. The van der Waals surface area contributed by atoms with E-state index in [0.717, 1.165) is 16.8 Å². The van der Waals surface area contributed by atoms with E-state index in [1.54, 1.807) is 30.7 Å². The molecule has 1 aromatic heterocycles. The first kappa shape index (κ1) is 24.8. The van der Waals surface area contributed by atoms with E-state index in [1.165, 1.54) is 6.07 Å². The second-order valence-corrected chi connectivity index (χ2v) is 5.80. The maximum Gasteiger partial charge on any atom is 0.243 e. The number of pyridine rings is 1. The Kier molecular flexibility index (Phi) is 12.7. The summed E-state index contributed by atoms with van der Waals surface area (Å²) in [6, 6.07) is 8.53. The fourth-order valence-corrected chi connectivity index (χ4v) is 2.16. The summed E-state index contributed by atoms with van der Waals surface area (Å²) in [6.07, 6.45) is 4.40. The Hall–Kier alpha value is -2.24. The van der Waals surface area contributed by atoms with Crippen LogP contribution in [-0.2, 0) is 4.79 Å². The second-order valence-electron chi connectivity index (χ2n) is 5.39. The van der Waals surface area contributed by atoms with Gasteiger partial charge >= 0.3 is 0 Å². The molecule has 0 fully saturated rings. The normalized spacial score (nSPS) is 10.1. The van der Waals surface area contributed by atoms with Gasteiger partial charge in [-0.25, -0.2) is 9.87 Å². The minimum Gasteiger partial charge on any atom is -0.289 e. The Morgan fingerprint density at radius 2 is 1.89 bits per heavy atom. The zero-order valence-corrected chi connectivity index (χ0v) is 17.3. The maximum absolute atomic E-state index is 12.3. The molecule has 0 atom stereocenters. The molecular weight excluding hydrogens is 367 g/mol. The van der Waals surface area contributed by atoms with Crippen molar-refractivity contribution in [2.45, 2.75) is 47.5 Å². The molecule has 0 spiro atoms. The Morgan fingerprint density at radius 1 is 1.26 bits per heavy atom. The van der Waals surface area contributed by atoms with Gasteiger partial charge in [-0.05, 0) is 56.0 Å². The topological polar surface area (TPSA) is 62.2 Å². The summed E-state index contributed by atoms with van der Waals surface area (Å²) in [4.78, 5) is 15.1. The standard InChI is InChI=1S/C12H15ClN2O2.C7H7F.C2H6/c1-3-9(4-5-12(16)15-17)10-6-11(13)8(2)14-7-10;1-6-4-2-3-5-7(6)8;1-2/h3,6-7,17H,4-5H2,1-2H3,(H,15,16);2-5H,1H3;1-2H3/b9-3+;;. The van der Waals surface area contributed by atoms with Gasteiger partial charge in [0.25, 0.3) is 0 Å². The summed E-state index contributed by atoms with van der Waals surface area (Å²) in [5.74, 6) is -0.539. The van der Waals surface area contributed by atoms with Crippen molar-refractivity contribution in [3.63, 3.8) is 0 Å². The van der Waals surface area contributed by atoms with Crippen molar-refractivity contribution in [3.05, 3.63) is 70.3 Å². The highest BCUT2D eigenvalue weighted by Gasteiger charge is 2.07. The highest BCUT2D eigenvalue weighted by Crippen LogP contribution is 2.23. The van der Waals surface area contributed by atoms with E-state index in [-0.39, 0.29) is 12.2 Å². The molecule has 0 radical (unpaired) electrons. The zero-order chi connectivity index (χ0) is 20.8. The van der Waals surface area contributed by atoms with Crippen LogP contribution in [0.1, 0.15) is 50.4 Å². The summed E-state index contributed by atoms with van der Waals surface area (Å²) in [6.45, 7) is 9.47. The largest absolute Gasteiger partial charge is 0.289 e. The van der Waals surface area contributed by atoms with Crippen LogP contribution in [0.15, 0.2) is 42.6 Å². The maximum atomic E-state index is 12.3. The van der Waals surface area contributed by atoms with E-state index < -0.39 is 5.91 Å². The molecule has 148 valence electrons. The van der Waals surface area contributed by atoms with E-state index in [9.17, 15) is 9.18 Å². The fraction of sp³-hybridized carbons (Fsp3) is 0.333. The van der Waals surface area contributed by atoms with Crippen LogP contribution >= 0.6 is 11.6 Å². The first-order valence-corrected chi connectivity index (χ1v) is 9.18. The SMILES string of the molecule is C/C=C(\CCC(=O)NO)c1cnc(C)c(Cl)c1.CC.Cc1ccccc1F. The molecule has 0 saturated carbocycles. The average molecular weight is 395 g/mol. The molecule has 1 aromatic carbocycles. The number of aromatic nitrogens is 1. The molecule has 1 heterocycles. The van der Waals surface area contributed by atoms with Crippen LogP contribution in [0.25, 0.3) is 5.57 Å². The lowest BCUT2D eigenvalue weighted by atomic mass is 10.0. The number of hydrogen-bond donors (Lipinski definition) is 2. The quantitative estimate of drug-likeness (QED) is 0.501. The van der Waals surface area contributed by atoms with Gasteiger partial charge in [0.05, 0.1) is 10.7 Å². The Labute approximate surface area is 166 Å². The number of hydroxylamine groups is 1. The van der Waals surface area contributed by atoms with Gasteiger partial charge in [0, 0.05) is 12.6 Å². The summed E-state index contributed by atoms with van der Waals surface area (Å²) in [5.41, 5.74) is 4.96. The number of carbonyl (C=O) groups is 1. The van der Waals surface area contributed by atoms with Crippen molar-refractivity contribution >= 4 is 23.1 Å². The molecule has 2 N–H and O–H groups in total. The van der Waals surface area contributed by atoms with Crippen molar-refractivity contribution in [1.82, 2.24) is 10.5 Å². The smallest absolute Gasteiger partial charge is 0.243 e. The molecule has 27 heavy (non-hydrogen) atoms. The lowest BCUT2D eigenvalue weighted by Gasteiger charge is -2.07. The monoisotopic (exact) mass is 394 g/mol. The number of nitrogens with one attached hydrogen (secondary N) is 1. The van der Waals surface area contributed by atoms with Gasteiger partial charge in [-0.15, -0.1) is 0 Å². The van der Waals surface area contributed by atoms with Crippen LogP contribution in [0.2, 0.25) is 5.02 Å².